The van der Waals surface area contributed by atoms with Crippen LogP contribution in [0, 0.1) is 0 Å². The highest BCUT2D eigenvalue weighted by atomic mass is 32.1. The first-order chi connectivity index (χ1) is 12.7. The highest BCUT2D eigenvalue weighted by Gasteiger charge is 2.45. The highest BCUT2D eigenvalue weighted by Crippen LogP contribution is 2.34. The van der Waals surface area contributed by atoms with Crippen molar-refractivity contribution >= 4 is 39.4 Å². The number of aliphatic hydroxyl groups is 2. The molecule has 6 N–H and O–H groups in total. The van der Waals surface area contributed by atoms with Gasteiger partial charge in [0.05, 0.1) is 6.54 Å². The lowest BCUT2D eigenvalue weighted by Gasteiger charge is -2.17. The number of carbonyl (C=O) groups is 1. The Morgan fingerprint density at radius 2 is 2.07 bits per heavy atom. The number of nitrogens with two attached hydrogens (primary N) is 2. The van der Waals surface area contributed by atoms with E-state index in [1.54, 1.807) is 19.0 Å². The van der Waals surface area contributed by atoms with E-state index in [2.05, 4.69) is 9.97 Å². The fraction of sp³-hybridized carbons (Fsp3) is 0.571. The number of anilines is 2. The zero-order valence-corrected chi connectivity index (χ0v) is 15.4. The number of esters is 1. The fourth-order valence-corrected chi connectivity index (χ4v) is 3.78. The van der Waals surface area contributed by atoms with E-state index >= 15 is 0 Å². The monoisotopic (exact) mass is 400 g/mol. The number of rotatable bonds is 5. The lowest BCUT2D eigenvalue weighted by atomic mass is 10.1. The Morgan fingerprint density at radius 3 is 2.70 bits per heavy atom. The summed E-state index contributed by atoms with van der Waals surface area (Å²) in [5, 5.41) is 20.6. The van der Waals surface area contributed by atoms with Gasteiger partial charge in [-0.15, -0.1) is 0 Å². The summed E-state index contributed by atoms with van der Waals surface area (Å²) in [6.45, 7) is -0.644. The zero-order valence-electron chi connectivity index (χ0n) is 14.6. The molecule has 2 aromatic rings. The fourth-order valence-electron chi connectivity index (χ4n) is 2.76. The molecule has 12 nitrogen and oxygen atoms in total. The van der Waals surface area contributed by atoms with Gasteiger partial charge in [-0.25, -0.2) is 0 Å². The number of carbonyl (C=O) groups excluding carboxylic acids is 1. The summed E-state index contributed by atoms with van der Waals surface area (Å²) in [5.41, 5.74) is 11.1. The molecule has 0 aliphatic carbocycles. The number of thiazole rings is 1. The third-order valence-corrected chi connectivity index (χ3v) is 4.99. The van der Waals surface area contributed by atoms with Crippen LogP contribution in [0.5, 0.6) is 0 Å². The number of nitrogens with zero attached hydrogens (tertiary/aromatic N) is 4. The molecule has 0 unspecified atom stereocenters. The average molecular weight is 400 g/mol. The Balaban J connectivity index is 1.99. The molecule has 0 saturated carbocycles. The molecule has 1 aliphatic heterocycles. The second-order valence-electron chi connectivity index (χ2n) is 6.12. The minimum absolute atomic E-state index is 0.0563. The van der Waals surface area contributed by atoms with Crippen molar-refractivity contribution in [3.05, 3.63) is 9.67 Å². The Kier molecular flexibility index (Phi) is 5.30. The summed E-state index contributed by atoms with van der Waals surface area (Å²) in [4.78, 5) is 33.2. The lowest BCUT2D eigenvalue weighted by Crippen LogP contribution is -2.35. The Labute approximate surface area is 156 Å². The van der Waals surface area contributed by atoms with Crippen LogP contribution < -0.4 is 21.2 Å². The molecule has 0 spiro atoms. The van der Waals surface area contributed by atoms with Gasteiger partial charge in [-0.05, 0) is 0 Å². The van der Waals surface area contributed by atoms with Crippen molar-refractivity contribution in [3.63, 3.8) is 0 Å². The largest absolute Gasteiger partial charge is 0.462 e. The first-order valence-corrected chi connectivity index (χ1v) is 8.79. The molecule has 0 radical (unpaired) electrons. The van der Waals surface area contributed by atoms with Gasteiger partial charge in [-0.1, -0.05) is 11.3 Å². The van der Waals surface area contributed by atoms with Crippen molar-refractivity contribution in [3.8, 4) is 0 Å². The number of fused-ring (bicyclic) bond motifs is 1. The van der Waals surface area contributed by atoms with E-state index in [4.69, 9.17) is 20.9 Å². The van der Waals surface area contributed by atoms with Gasteiger partial charge in [-0.2, -0.15) is 9.97 Å². The smallest absolute Gasteiger partial charge is 0.319 e. The second-order valence-corrected chi connectivity index (χ2v) is 7.09. The Bertz CT molecular complexity index is 913. The van der Waals surface area contributed by atoms with Crippen LogP contribution in [0.25, 0.3) is 10.3 Å². The number of aliphatic hydroxyl groups excluding tert-OH is 2. The van der Waals surface area contributed by atoms with E-state index < -0.39 is 35.4 Å². The predicted molar refractivity (Wildman–Crippen MR) is 96.4 cm³/mol. The third-order valence-electron chi connectivity index (χ3n) is 4.05. The van der Waals surface area contributed by atoms with E-state index in [9.17, 15) is 19.8 Å². The molecule has 2 aromatic heterocycles. The van der Waals surface area contributed by atoms with Crippen LogP contribution in [0.4, 0.5) is 11.8 Å². The van der Waals surface area contributed by atoms with Crippen LogP contribution in [0.3, 0.4) is 0 Å². The molecule has 1 saturated heterocycles. The summed E-state index contributed by atoms with van der Waals surface area (Å²) in [5.74, 6) is -0.294. The topological polar surface area (TPSA) is 179 Å². The average Bonchev–Trinajstić information content (AvgIpc) is 3.08. The third kappa shape index (κ3) is 3.46. The van der Waals surface area contributed by atoms with Gasteiger partial charge in [0.1, 0.15) is 29.6 Å². The lowest BCUT2D eigenvalue weighted by molar-refractivity contribution is -0.148. The summed E-state index contributed by atoms with van der Waals surface area (Å²) in [7, 11) is 3.48. The van der Waals surface area contributed by atoms with Crippen molar-refractivity contribution in [2.45, 2.75) is 24.5 Å². The van der Waals surface area contributed by atoms with Gasteiger partial charge in [0.25, 0.3) is 0 Å². The van der Waals surface area contributed by atoms with Crippen LogP contribution in [0.2, 0.25) is 0 Å². The molecule has 13 heteroatoms. The van der Waals surface area contributed by atoms with Gasteiger partial charge >= 0.3 is 10.8 Å². The standard InChI is InChI=1S/C14H20N6O6S/c1-19(2)10-9-11(18-13(16)17-10)20(14(24)27-9)12-8(23)7(22)5(26-12)4-25-6(21)3-15/h5,7-8,12,22-23H,3-4,15H2,1-2H3,(H2,16,17,18)/t5-,7-,8-,12-/m1/s1. The van der Waals surface area contributed by atoms with Gasteiger partial charge < -0.3 is 36.1 Å². The Hall–Kier alpha value is -2.32. The number of aromatic nitrogens is 3. The molecule has 0 bridgehead atoms. The molecule has 3 rings (SSSR count). The normalized spacial score (nSPS) is 25.1. The molecule has 4 atom stereocenters. The van der Waals surface area contributed by atoms with Crippen LogP contribution in [0.15, 0.2) is 4.79 Å². The second kappa shape index (κ2) is 7.36. The van der Waals surface area contributed by atoms with Crippen LogP contribution in [-0.2, 0) is 14.3 Å². The van der Waals surface area contributed by atoms with Gasteiger partial charge in [-0.3, -0.25) is 14.2 Å². The first kappa shape index (κ1) is 19.4. The maximum Gasteiger partial charge on any atom is 0.319 e. The van der Waals surface area contributed by atoms with Crippen LogP contribution in [-0.4, -0.2) is 76.3 Å². The molecule has 3 heterocycles. The molecule has 27 heavy (non-hydrogen) atoms. The molecule has 148 valence electrons. The molecule has 1 fully saturated rings. The van der Waals surface area contributed by atoms with E-state index in [1.165, 1.54) is 0 Å². The number of nitrogen functional groups attached to an aromatic ring is 1. The summed E-state index contributed by atoms with van der Waals surface area (Å²) in [6, 6.07) is 0. The number of ether oxygens (including phenoxy) is 2. The molecular weight excluding hydrogens is 380 g/mol. The number of hydrogen-bond donors (Lipinski definition) is 4. The van der Waals surface area contributed by atoms with Gasteiger partial charge in [0.2, 0.25) is 5.95 Å². The summed E-state index contributed by atoms with van der Waals surface area (Å²) < 4.78 is 12.0. The van der Waals surface area contributed by atoms with Gasteiger partial charge in [0, 0.05) is 14.1 Å². The first-order valence-electron chi connectivity index (χ1n) is 7.97. The van der Waals surface area contributed by atoms with Crippen molar-refractivity contribution in [1.29, 1.82) is 0 Å². The minimum Gasteiger partial charge on any atom is -0.462 e. The maximum atomic E-state index is 12.6. The molecule has 0 amide bonds. The molecular formula is C14H20N6O6S. The summed E-state index contributed by atoms with van der Waals surface area (Å²) >= 11 is 0.866. The van der Waals surface area contributed by atoms with E-state index in [-0.39, 0.29) is 24.7 Å². The minimum atomic E-state index is -1.44. The molecule has 1 aliphatic rings. The number of hydrogen-bond acceptors (Lipinski definition) is 12. The van der Waals surface area contributed by atoms with Gasteiger partial charge in [0.15, 0.2) is 17.7 Å². The zero-order chi connectivity index (χ0) is 19.9. The van der Waals surface area contributed by atoms with E-state index in [0.29, 0.717) is 10.5 Å². The summed E-state index contributed by atoms with van der Waals surface area (Å²) in [6.07, 6.45) is -5.09. The quantitative estimate of drug-likeness (QED) is 0.394. The highest BCUT2D eigenvalue weighted by molar-refractivity contribution is 7.17. The Morgan fingerprint density at radius 1 is 1.37 bits per heavy atom. The van der Waals surface area contributed by atoms with Crippen molar-refractivity contribution < 1.29 is 24.5 Å². The SMILES string of the molecule is CN(C)c1nc(N)nc2c1sc(=O)n2[C@@H]1O[C@H](COC(=O)CN)[C@@H](O)[C@H]1O. The van der Waals surface area contributed by atoms with E-state index in [1.807, 2.05) is 0 Å². The van der Waals surface area contributed by atoms with E-state index in [0.717, 1.165) is 15.9 Å². The van der Waals surface area contributed by atoms with Crippen LogP contribution >= 0.6 is 11.3 Å². The maximum absolute atomic E-state index is 12.6. The molecule has 0 aromatic carbocycles. The van der Waals surface area contributed by atoms with Crippen molar-refractivity contribution in [1.82, 2.24) is 14.5 Å². The predicted octanol–water partition coefficient (Wildman–Crippen LogP) is -2.38. The van der Waals surface area contributed by atoms with Crippen LogP contribution in [0.1, 0.15) is 6.23 Å². The van der Waals surface area contributed by atoms with Crippen molar-refractivity contribution in [2.75, 3.05) is 37.9 Å². The van der Waals surface area contributed by atoms with Crippen molar-refractivity contribution in [2.24, 2.45) is 5.73 Å².